The van der Waals surface area contributed by atoms with Crippen LogP contribution in [0, 0.1) is 35.9 Å². The molecule has 13 heteroatoms. The Morgan fingerprint density at radius 1 is 1.13 bits per heavy atom. The van der Waals surface area contributed by atoms with Crippen LogP contribution in [0.25, 0.3) is 10.9 Å². The SMILES string of the molecule is Cc1nc2c(F)cccc2c2c1O[C@]1(CC2)C[C@H]2C(=O)C[C@]3(C(=O)NS(=O)(=O)C4(C)CC4)C[C@H]3/C=C\CCCCC[C@H](CC(=O)OCC(C)C)C(=O)N2C1. The van der Waals surface area contributed by atoms with Crippen LogP contribution in [-0.2, 0) is 40.4 Å². The number of nitrogens with zero attached hydrogens (tertiary/aromatic N) is 2. The first-order chi connectivity index (χ1) is 25.6. The second-order valence-corrected chi connectivity index (χ2v) is 19.3. The first kappa shape index (κ1) is 38.4. The molecule has 1 saturated heterocycles. The number of esters is 1. The lowest BCUT2D eigenvalue weighted by Crippen LogP contribution is -2.48. The molecule has 7 rings (SSSR count). The first-order valence-electron chi connectivity index (χ1n) is 19.6. The number of sulfonamides is 1. The number of nitrogens with one attached hydrogen (secondary N) is 1. The van der Waals surface area contributed by atoms with Crippen LogP contribution in [0.4, 0.5) is 4.39 Å². The van der Waals surface area contributed by atoms with Crippen LogP contribution < -0.4 is 9.46 Å². The molecule has 1 N–H and O–H groups in total. The Hall–Kier alpha value is -3.87. The Morgan fingerprint density at radius 2 is 1.91 bits per heavy atom. The van der Waals surface area contributed by atoms with E-state index in [4.69, 9.17) is 9.47 Å². The largest absolute Gasteiger partial charge is 0.483 e. The summed E-state index contributed by atoms with van der Waals surface area (Å²) in [5, 5.41) is 0.654. The van der Waals surface area contributed by atoms with Crippen molar-refractivity contribution in [3.05, 3.63) is 47.4 Å². The number of amides is 2. The van der Waals surface area contributed by atoms with Crippen molar-refractivity contribution in [1.29, 1.82) is 0 Å². The molecule has 0 bridgehead atoms. The molecule has 292 valence electrons. The maximum atomic E-state index is 14.8. The van der Waals surface area contributed by atoms with Gasteiger partial charge in [-0.1, -0.05) is 51.0 Å². The van der Waals surface area contributed by atoms with E-state index in [2.05, 4.69) is 9.71 Å². The van der Waals surface area contributed by atoms with Gasteiger partial charge in [0.05, 0.1) is 41.5 Å². The molecule has 2 amide bonds. The fourth-order valence-electron chi connectivity index (χ4n) is 8.67. The number of aromatic nitrogens is 1. The van der Waals surface area contributed by atoms with Crippen LogP contribution in [0.3, 0.4) is 0 Å². The van der Waals surface area contributed by atoms with Gasteiger partial charge in [0.2, 0.25) is 21.8 Å². The van der Waals surface area contributed by atoms with Gasteiger partial charge in [0.15, 0.2) is 5.78 Å². The number of pyridine rings is 1. The summed E-state index contributed by atoms with van der Waals surface area (Å²) in [7, 11) is -3.95. The average molecular weight is 766 g/mol. The molecule has 0 radical (unpaired) electrons. The lowest BCUT2D eigenvalue weighted by molar-refractivity contribution is -0.151. The second-order valence-electron chi connectivity index (χ2n) is 17.2. The third kappa shape index (κ3) is 7.29. The molecule has 0 unspecified atom stereocenters. The van der Waals surface area contributed by atoms with E-state index >= 15 is 0 Å². The highest BCUT2D eigenvalue weighted by molar-refractivity contribution is 7.91. The molecule has 5 atom stereocenters. The van der Waals surface area contributed by atoms with Crippen molar-refractivity contribution >= 4 is 44.5 Å². The summed E-state index contributed by atoms with van der Waals surface area (Å²) < 4.78 is 54.9. The third-order valence-corrected chi connectivity index (χ3v) is 14.6. The van der Waals surface area contributed by atoms with E-state index in [1.54, 1.807) is 24.8 Å². The molecule has 2 aliphatic carbocycles. The van der Waals surface area contributed by atoms with Gasteiger partial charge >= 0.3 is 5.97 Å². The molecule has 3 fully saturated rings. The number of benzene rings is 1. The van der Waals surface area contributed by atoms with Crippen molar-refractivity contribution in [2.75, 3.05) is 13.2 Å². The number of ether oxygens (including phenoxy) is 2. The van der Waals surface area contributed by atoms with Gasteiger partial charge in [-0.3, -0.25) is 23.9 Å². The second kappa shape index (κ2) is 14.3. The maximum absolute atomic E-state index is 14.8. The standard InChI is InChI=1S/C41H52FN3O8S/c1-25(2)23-52-34(47)19-27-11-8-6-5-7-9-12-28-20-41(28,38(49)44-54(50,51)39(4)17-18-39)22-33(46)32-21-40(24-45(32)37(27)48)16-15-30-29-13-10-14-31(42)35(29)43-26(3)36(30)53-40/h9-10,12-14,25,27-28,32H,5-8,11,15-24H2,1-4H3,(H,44,49)/b12-9-/t27-,28-,32+,40-,41-/m1/s1. The number of allylic oxidation sites excluding steroid dienone is 2. The lowest BCUT2D eigenvalue weighted by atomic mass is 9.85. The number of hydrogen-bond donors (Lipinski definition) is 1. The summed E-state index contributed by atoms with van der Waals surface area (Å²) >= 11 is 0. The minimum absolute atomic E-state index is 0.0785. The van der Waals surface area contributed by atoms with Crippen molar-refractivity contribution in [2.24, 2.45) is 23.2 Å². The van der Waals surface area contributed by atoms with Crippen LogP contribution in [0.2, 0.25) is 0 Å². The number of Topliss-reactive ketones (excluding diaryl/α,β-unsaturated/α-hetero) is 1. The zero-order valence-electron chi connectivity index (χ0n) is 31.7. The van der Waals surface area contributed by atoms with E-state index in [-0.39, 0.29) is 61.5 Å². The average Bonchev–Trinajstić information content (AvgIpc) is 4.01. The highest BCUT2D eigenvalue weighted by atomic mass is 32.2. The molecule has 54 heavy (non-hydrogen) atoms. The fourth-order valence-corrected chi connectivity index (χ4v) is 10.00. The zero-order valence-corrected chi connectivity index (χ0v) is 32.6. The van der Waals surface area contributed by atoms with E-state index in [9.17, 15) is 32.0 Å². The van der Waals surface area contributed by atoms with Gasteiger partial charge < -0.3 is 14.4 Å². The number of rotatable bonds is 7. The van der Waals surface area contributed by atoms with E-state index in [0.29, 0.717) is 61.8 Å². The minimum atomic E-state index is -3.95. The predicted octanol–water partition coefficient (Wildman–Crippen LogP) is 6.04. The summed E-state index contributed by atoms with van der Waals surface area (Å²) in [6.07, 6.45) is 9.44. The van der Waals surface area contributed by atoms with Crippen molar-refractivity contribution in [1.82, 2.24) is 14.6 Å². The number of carbonyl (C=O) groups is 4. The Balaban J connectivity index is 1.23. The number of aryl methyl sites for hydroxylation is 2. The van der Waals surface area contributed by atoms with Gasteiger partial charge in [-0.25, -0.2) is 17.8 Å². The third-order valence-electron chi connectivity index (χ3n) is 12.4. The van der Waals surface area contributed by atoms with Crippen LogP contribution in [-0.4, -0.2) is 71.4 Å². The van der Waals surface area contributed by atoms with Gasteiger partial charge in [0.1, 0.15) is 22.7 Å². The number of fused-ring (bicyclic) bond motifs is 5. The Morgan fingerprint density at radius 3 is 2.65 bits per heavy atom. The van der Waals surface area contributed by atoms with Crippen LogP contribution in [0.1, 0.15) is 109 Å². The highest BCUT2D eigenvalue weighted by Gasteiger charge is 2.63. The van der Waals surface area contributed by atoms with Crippen molar-refractivity contribution < 1.29 is 41.5 Å². The fraction of sp³-hybridized carbons (Fsp3) is 0.634. The Labute approximate surface area is 316 Å². The monoisotopic (exact) mass is 765 g/mol. The number of hydrogen-bond acceptors (Lipinski definition) is 9. The summed E-state index contributed by atoms with van der Waals surface area (Å²) in [4.78, 5) is 62.6. The summed E-state index contributed by atoms with van der Waals surface area (Å²) in [5.74, 6) is -2.66. The topological polar surface area (TPSA) is 149 Å². The van der Waals surface area contributed by atoms with Crippen LogP contribution >= 0.6 is 0 Å². The quantitative estimate of drug-likeness (QED) is 0.263. The number of para-hydroxylation sites is 1. The molecular formula is C41H52FN3O8S. The molecule has 2 aromatic rings. The highest BCUT2D eigenvalue weighted by Crippen LogP contribution is 2.58. The smallest absolute Gasteiger partial charge is 0.306 e. The molecule has 1 spiro atoms. The Kier molecular flexibility index (Phi) is 10.2. The zero-order chi connectivity index (χ0) is 38.6. The number of ketones is 1. The molecule has 1 aromatic heterocycles. The van der Waals surface area contributed by atoms with Gasteiger partial charge in [0, 0.05) is 29.7 Å². The lowest BCUT2D eigenvalue weighted by Gasteiger charge is -2.36. The van der Waals surface area contributed by atoms with Gasteiger partial charge in [-0.15, -0.1) is 0 Å². The number of halogens is 1. The van der Waals surface area contributed by atoms with Crippen LogP contribution in [0.5, 0.6) is 5.75 Å². The van der Waals surface area contributed by atoms with Crippen molar-refractivity contribution in [3.63, 3.8) is 0 Å². The Bertz CT molecular complexity index is 2010. The molecular weight excluding hydrogens is 714 g/mol. The van der Waals surface area contributed by atoms with Gasteiger partial charge in [-0.05, 0) is 83.1 Å². The molecule has 5 aliphatic rings. The summed E-state index contributed by atoms with van der Waals surface area (Å²) in [6.45, 7) is 7.56. The van der Waals surface area contributed by atoms with Gasteiger partial charge in [0.25, 0.3) is 0 Å². The number of carbonyl (C=O) groups excluding carboxylic acids is 4. The molecule has 2 saturated carbocycles. The normalized spacial score (nSPS) is 30.0. The summed E-state index contributed by atoms with van der Waals surface area (Å²) in [5.41, 5.74) is -0.653. The van der Waals surface area contributed by atoms with Gasteiger partial charge in [-0.2, -0.15) is 0 Å². The van der Waals surface area contributed by atoms with E-state index in [1.165, 1.54) is 6.07 Å². The maximum Gasteiger partial charge on any atom is 0.306 e. The molecule has 3 aliphatic heterocycles. The van der Waals surface area contributed by atoms with E-state index in [1.807, 2.05) is 32.1 Å². The van der Waals surface area contributed by atoms with Crippen molar-refractivity contribution in [2.45, 2.75) is 128 Å². The van der Waals surface area contributed by atoms with Crippen molar-refractivity contribution in [3.8, 4) is 5.75 Å². The minimum Gasteiger partial charge on any atom is -0.483 e. The van der Waals surface area contributed by atoms with E-state index in [0.717, 1.165) is 24.8 Å². The molecule has 4 heterocycles. The summed E-state index contributed by atoms with van der Waals surface area (Å²) in [6, 6.07) is 3.85. The first-order valence-corrected chi connectivity index (χ1v) is 21.0. The predicted molar refractivity (Wildman–Crippen MR) is 199 cm³/mol. The van der Waals surface area contributed by atoms with Crippen LogP contribution in [0.15, 0.2) is 30.4 Å². The molecule has 1 aromatic carbocycles. The molecule has 11 nitrogen and oxygen atoms in total. The van der Waals surface area contributed by atoms with E-state index < -0.39 is 55.4 Å².